The lowest BCUT2D eigenvalue weighted by Gasteiger charge is -1.99. The average molecular weight is 233 g/mol. The number of hydrogen-bond donors (Lipinski definition) is 1. The Labute approximate surface area is 97.5 Å². The summed E-state index contributed by atoms with van der Waals surface area (Å²) >= 11 is 0. The Balaban J connectivity index is 2.38. The van der Waals surface area contributed by atoms with E-state index in [9.17, 15) is 15.2 Å². The van der Waals surface area contributed by atoms with Crippen molar-refractivity contribution in [3.8, 4) is 11.3 Å². The molecule has 0 aliphatic heterocycles. The van der Waals surface area contributed by atoms with Gasteiger partial charge in [0.15, 0.2) is 0 Å². The van der Waals surface area contributed by atoms with Gasteiger partial charge in [-0.1, -0.05) is 12.1 Å². The molecule has 1 N–H and O–H groups in total. The van der Waals surface area contributed by atoms with Crippen molar-refractivity contribution in [2.75, 3.05) is 0 Å². The van der Waals surface area contributed by atoms with Crippen LogP contribution < -0.4 is 0 Å². The Morgan fingerprint density at radius 1 is 1.35 bits per heavy atom. The van der Waals surface area contributed by atoms with Gasteiger partial charge < -0.3 is 9.52 Å². The third-order valence-electron chi connectivity index (χ3n) is 2.38. The van der Waals surface area contributed by atoms with E-state index < -0.39 is 11.0 Å². The van der Waals surface area contributed by atoms with Gasteiger partial charge in [0, 0.05) is 17.7 Å². The largest absolute Gasteiger partial charge is 0.458 e. The van der Waals surface area contributed by atoms with Crippen molar-refractivity contribution in [3.63, 3.8) is 0 Å². The molecule has 0 aliphatic carbocycles. The molecule has 0 bridgehead atoms. The summed E-state index contributed by atoms with van der Waals surface area (Å²) in [4.78, 5) is 10.2. The summed E-state index contributed by atoms with van der Waals surface area (Å²) in [5.74, 6) is 0.941. The predicted octanol–water partition coefficient (Wildman–Crippen LogP) is 2.91. The molecule has 17 heavy (non-hydrogen) atoms. The van der Waals surface area contributed by atoms with Crippen molar-refractivity contribution in [2.45, 2.75) is 13.0 Å². The molecule has 88 valence electrons. The zero-order valence-electron chi connectivity index (χ0n) is 9.16. The van der Waals surface area contributed by atoms with E-state index in [0.29, 0.717) is 17.1 Å². The number of nitro benzene ring substituents is 1. The fourth-order valence-electron chi connectivity index (χ4n) is 1.51. The van der Waals surface area contributed by atoms with E-state index in [1.54, 1.807) is 31.2 Å². The first-order valence-electron chi connectivity index (χ1n) is 5.10. The summed E-state index contributed by atoms with van der Waals surface area (Å²) in [5.41, 5.74) is 0.628. The highest BCUT2D eigenvalue weighted by Gasteiger charge is 2.11. The van der Waals surface area contributed by atoms with Gasteiger partial charge in [0.25, 0.3) is 5.69 Å². The van der Waals surface area contributed by atoms with E-state index in [4.69, 9.17) is 4.42 Å². The Morgan fingerprint density at radius 2 is 2.12 bits per heavy atom. The van der Waals surface area contributed by atoms with Gasteiger partial charge in [-0.15, -0.1) is 0 Å². The summed E-state index contributed by atoms with van der Waals surface area (Å²) in [6.45, 7) is 1.59. The van der Waals surface area contributed by atoms with Gasteiger partial charge in [0.2, 0.25) is 0 Å². The lowest BCUT2D eigenvalue weighted by Crippen LogP contribution is -1.88. The van der Waals surface area contributed by atoms with Crippen LogP contribution in [0, 0.1) is 10.1 Å². The molecule has 1 aromatic heterocycles. The smallest absolute Gasteiger partial charge is 0.270 e. The predicted molar refractivity (Wildman–Crippen MR) is 61.4 cm³/mol. The first-order chi connectivity index (χ1) is 8.08. The normalized spacial score (nSPS) is 12.4. The molecule has 5 heteroatoms. The summed E-state index contributed by atoms with van der Waals surface area (Å²) in [7, 11) is 0. The lowest BCUT2D eigenvalue weighted by molar-refractivity contribution is -0.384. The van der Waals surface area contributed by atoms with Crippen LogP contribution in [0.3, 0.4) is 0 Å². The first-order valence-corrected chi connectivity index (χ1v) is 5.10. The number of nitrogens with zero attached hydrogens (tertiary/aromatic N) is 1. The highest BCUT2D eigenvalue weighted by atomic mass is 16.6. The second kappa shape index (κ2) is 4.39. The van der Waals surface area contributed by atoms with Gasteiger partial charge in [0.1, 0.15) is 17.6 Å². The molecule has 2 rings (SSSR count). The summed E-state index contributed by atoms with van der Waals surface area (Å²) < 4.78 is 5.39. The molecule has 1 atom stereocenters. The number of benzene rings is 1. The number of rotatable bonds is 3. The van der Waals surface area contributed by atoms with Crippen molar-refractivity contribution in [3.05, 3.63) is 52.3 Å². The molecule has 0 fully saturated rings. The van der Waals surface area contributed by atoms with Crippen LogP contribution in [-0.4, -0.2) is 10.0 Å². The minimum absolute atomic E-state index is 0.0116. The standard InChI is InChI=1S/C12H11NO4/c1-8(14)11-5-6-12(17-11)9-3-2-4-10(7-9)13(15)16/h2-8,14H,1H3. The number of aliphatic hydroxyl groups excluding tert-OH is 1. The highest BCUT2D eigenvalue weighted by molar-refractivity contribution is 5.61. The van der Waals surface area contributed by atoms with Crippen molar-refractivity contribution in [1.82, 2.24) is 0 Å². The van der Waals surface area contributed by atoms with Crippen molar-refractivity contribution in [1.29, 1.82) is 0 Å². The van der Waals surface area contributed by atoms with Crippen molar-refractivity contribution >= 4 is 5.69 Å². The van der Waals surface area contributed by atoms with E-state index in [1.807, 2.05) is 0 Å². The summed E-state index contributed by atoms with van der Waals surface area (Å²) in [6.07, 6.45) is -0.692. The van der Waals surface area contributed by atoms with Crippen LogP contribution in [0.4, 0.5) is 5.69 Å². The SMILES string of the molecule is CC(O)c1ccc(-c2cccc([N+](=O)[O-])c2)o1. The quantitative estimate of drug-likeness (QED) is 0.653. The molecule has 0 spiro atoms. The fraction of sp³-hybridized carbons (Fsp3) is 0.167. The Hall–Kier alpha value is -2.14. The van der Waals surface area contributed by atoms with E-state index in [-0.39, 0.29) is 5.69 Å². The maximum absolute atomic E-state index is 10.6. The zero-order valence-corrected chi connectivity index (χ0v) is 9.16. The van der Waals surface area contributed by atoms with Crippen LogP contribution in [0.15, 0.2) is 40.8 Å². The Kier molecular flexibility index (Phi) is 2.93. The van der Waals surface area contributed by atoms with E-state index in [2.05, 4.69) is 0 Å². The van der Waals surface area contributed by atoms with E-state index >= 15 is 0 Å². The van der Waals surface area contributed by atoms with Crippen molar-refractivity contribution < 1.29 is 14.4 Å². The monoisotopic (exact) mass is 233 g/mol. The van der Waals surface area contributed by atoms with E-state index in [1.165, 1.54) is 12.1 Å². The van der Waals surface area contributed by atoms with Crippen LogP contribution in [0.5, 0.6) is 0 Å². The third kappa shape index (κ3) is 2.34. The first kappa shape index (κ1) is 11.3. The highest BCUT2D eigenvalue weighted by Crippen LogP contribution is 2.27. The van der Waals surface area contributed by atoms with Gasteiger partial charge in [-0.05, 0) is 19.1 Å². The minimum atomic E-state index is -0.692. The number of non-ortho nitro benzene ring substituents is 1. The third-order valence-corrected chi connectivity index (χ3v) is 2.38. The molecule has 1 heterocycles. The van der Waals surface area contributed by atoms with Gasteiger partial charge >= 0.3 is 0 Å². The molecule has 1 aromatic carbocycles. The fourth-order valence-corrected chi connectivity index (χ4v) is 1.51. The number of hydrogen-bond acceptors (Lipinski definition) is 4. The van der Waals surface area contributed by atoms with Crippen LogP contribution in [-0.2, 0) is 0 Å². The number of nitro groups is 1. The van der Waals surface area contributed by atoms with Crippen molar-refractivity contribution in [2.24, 2.45) is 0 Å². The minimum Gasteiger partial charge on any atom is -0.458 e. The summed E-state index contributed by atoms with van der Waals surface area (Å²) in [5, 5.41) is 20.0. The van der Waals surface area contributed by atoms with Crippen LogP contribution in [0.25, 0.3) is 11.3 Å². The Bertz CT molecular complexity index is 545. The van der Waals surface area contributed by atoms with E-state index in [0.717, 1.165) is 0 Å². The topological polar surface area (TPSA) is 76.5 Å². The summed E-state index contributed by atoms with van der Waals surface area (Å²) in [6, 6.07) is 9.50. The molecule has 0 radical (unpaired) electrons. The van der Waals surface area contributed by atoms with Gasteiger partial charge in [0.05, 0.1) is 4.92 Å². The second-order valence-corrected chi connectivity index (χ2v) is 3.69. The van der Waals surface area contributed by atoms with Crippen LogP contribution in [0.1, 0.15) is 18.8 Å². The second-order valence-electron chi connectivity index (χ2n) is 3.69. The molecule has 5 nitrogen and oxygen atoms in total. The van der Waals surface area contributed by atoms with Gasteiger partial charge in [-0.3, -0.25) is 10.1 Å². The molecule has 0 amide bonds. The molecule has 0 saturated carbocycles. The molecule has 0 aliphatic rings. The average Bonchev–Trinajstić information content (AvgIpc) is 2.78. The van der Waals surface area contributed by atoms with Crippen LogP contribution in [0.2, 0.25) is 0 Å². The van der Waals surface area contributed by atoms with Gasteiger partial charge in [-0.25, -0.2) is 0 Å². The Morgan fingerprint density at radius 3 is 2.71 bits per heavy atom. The molecular formula is C12H11NO4. The molecule has 2 aromatic rings. The maximum atomic E-state index is 10.6. The number of aliphatic hydroxyl groups is 1. The maximum Gasteiger partial charge on any atom is 0.270 e. The van der Waals surface area contributed by atoms with Gasteiger partial charge in [-0.2, -0.15) is 0 Å². The zero-order chi connectivity index (χ0) is 12.4. The lowest BCUT2D eigenvalue weighted by atomic mass is 10.1. The molecule has 0 saturated heterocycles. The number of furan rings is 1. The molecule has 1 unspecified atom stereocenters. The van der Waals surface area contributed by atoms with Crippen LogP contribution >= 0.6 is 0 Å². The molecular weight excluding hydrogens is 222 g/mol.